The highest BCUT2D eigenvalue weighted by atomic mass is 127. The minimum Gasteiger partial charge on any atom is -0.497 e. The molecule has 0 fully saturated rings. The Labute approximate surface area is 178 Å². The molecule has 0 aliphatic carbocycles. The molecule has 0 aliphatic rings. The van der Waals surface area contributed by atoms with Crippen LogP contribution in [0.5, 0.6) is 17.2 Å². The summed E-state index contributed by atoms with van der Waals surface area (Å²) in [6.45, 7) is 4.80. The Hall–Kier alpha value is -2.16. The van der Waals surface area contributed by atoms with Crippen LogP contribution in [-0.4, -0.2) is 33.8 Å². The minimum absolute atomic E-state index is 0. The van der Waals surface area contributed by atoms with Crippen molar-refractivity contribution in [3.8, 4) is 17.2 Å². The average Bonchev–Trinajstić information content (AvgIpc) is 2.66. The molecule has 0 aliphatic heterocycles. The van der Waals surface area contributed by atoms with Gasteiger partial charge in [-0.1, -0.05) is 26.0 Å². The monoisotopic (exact) mass is 485 g/mol. The van der Waals surface area contributed by atoms with Gasteiger partial charge in [-0.05, 0) is 29.8 Å². The maximum Gasteiger partial charge on any atom is 0.193 e. The third-order valence-electron chi connectivity index (χ3n) is 4.17. The molecular formula is C20H28IN3O3. The van der Waals surface area contributed by atoms with E-state index in [-0.39, 0.29) is 29.4 Å². The average molecular weight is 485 g/mol. The lowest BCUT2D eigenvalue weighted by Gasteiger charge is -2.23. The van der Waals surface area contributed by atoms with E-state index >= 15 is 0 Å². The second kappa shape index (κ2) is 10.2. The Morgan fingerprint density at radius 3 is 2.15 bits per heavy atom. The van der Waals surface area contributed by atoms with E-state index in [0.29, 0.717) is 24.0 Å². The van der Waals surface area contributed by atoms with Crippen molar-refractivity contribution in [2.75, 3.05) is 33.2 Å². The number of nitrogens with one attached hydrogen (secondary N) is 1. The van der Waals surface area contributed by atoms with E-state index in [1.807, 2.05) is 42.5 Å². The summed E-state index contributed by atoms with van der Waals surface area (Å²) in [4.78, 5) is 4.49. The van der Waals surface area contributed by atoms with E-state index in [2.05, 4.69) is 24.2 Å². The Bertz CT molecular complexity index is 762. The largest absolute Gasteiger partial charge is 0.497 e. The third kappa shape index (κ3) is 6.20. The number of guanidine groups is 1. The summed E-state index contributed by atoms with van der Waals surface area (Å²) < 4.78 is 15.7. The molecule has 0 saturated carbocycles. The number of anilines is 1. The third-order valence-corrected chi connectivity index (χ3v) is 4.17. The predicted molar refractivity (Wildman–Crippen MR) is 121 cm³/mol. The molecule has 2 aromatic carbocycles. The van der Waals surface area contributed by atoms with Crippen molar-refractivity contribution < 1.29 is 14.2 Å². The highest BCUT2D eigenvalue weighted by Gasteiger charge is 2.20. The molecule has 2 rings (SSSR count). The topological polar surface area (TPSA) is 78.1 Å². The number of hydrogen-bond donors (Lipinski definition) is 2. The minimum atomic E-state index is -0.157. The first-order chi connectivity index (χ1) is 12.4. The van der Waals surface area contributed by atoms with Gasteiger partial charge < -0.3 is 25.3 Å². The molecule has 0 saturated heterocycles. The fraction of sp³-hybridized carbons (Fsp3) is 0.350. The Kier molecular flexibility index (Phi) is 8.68. The van der Waals surface area contributed by atoms with Gasteiger partial charge in [-0.15, -0.1) is 24.0 Å². The van der Waals surface area contributed by atoms with Gasteiger partial charge in [-0.25, -0.2) is 0 Å². The SMILES string of the molecule is COc1ccc(C(C)(C)CN=C(N)Nc2ccc(OC)c(OC)c2)cc1.I. The van der Waals surface area contributed by atoms with Gasteiger partial charge in [0.05, 0.1) is 27.9 Å². The predicted octanol–water partition coefficient (Wildman–Crippen LogP) is 4.03. The maximum atomic E-state index is 6.05. The first kappa shape index (κ1) is 22.9. The molecule has 0 heterocycles. The van der Waals surface area contributed by atoms with Crippen molar-refractivity contribution >= 4 is 35.6 Å². The van der Waals surface area contributed by atoms with Crippen LogP contribution < -0.4 is 25.3 Å². The first-order valence-corrected chi connectivity index (χ1v) is 8.33. The number of ether oxygens (including phenoxy) is 3. The molecule has 2 aromatic rings. The van der Waals surface area contributed by atoms with Gasteiger partial charge in [0.2, 0.25) is 0 Å². The number of nitrogens with zero attached hydrogens (tertiary/aromatic N) is 1. The summed E-state index contributed by atoms with van der Waals surface area (Å²) in [5.74, 6) is 2.47. The van der Waals surface area contributed by atoms with Crippen LogP contribution >= 0.6 is 24.0 Å². The number of methoxy groups -OCH3 is 3. The highest BCUT2D eigenvalue weighted by molar-refractivity contribution is 14.0. The van der Waals surface area contributed by atoms with Crippen molar-refractivity contribution in [2.45, 2.75) is 19.3 Å². The van der Waals surface area contributed by atoms with Crippen LogP contribution in [0.2, 0.25) is 0 Å². The molecule has 148 valence electrons. The number of halogens is 1. The molecule has 0 spiro atoms. The van der Waals surface area contributed by atoms with E-state index in [0.717, 1.165) is 11.4 Å². The van der Waals surface area contributed by atoms with Crippen LogP contribution in [0, 0.1) is 0 Å². The molecule has 0 bridgehead atoms. The fourth-order valence-electron chi connectivity index (χ4n) is 2.52. The molecule has 3 N–H and O–H groups in total. The quantitative estimate of drug-likeness (QED) is 0.352. The van der Waals surface area contributed by atoms with Crippen molar-refractivity contribution in [1.29, 1.82) is 0 Å². The highest BCUT2D eigenvalue weighted by Crippen LogP contribution is 2.30. The number of rotatable bonds is 7. The number of benzene rings is 2. The van der Waals surface area contributed by atoms with E-state index in [4.69, 9.17) is 19.9 Å². The summed E-state index contributed by atoms with van der Waals surface area (Å²) in [5.41, 5.74) is 7.84. The number of aliphatic imine (C=N–C) groups is 1. The molecule has 0 atom stereocenters. The van der Waals surface area contributed by atoms with Crippen molar-refractivity contribution in [2.24, 2.45) is 10.7 Å². The summed E-state index contributed by atoms with van der Waals surface area (Å²) in [5, 5.41) is 3.08. The van der Waals surface area contributed by atoms with E-state index in [1.165, 1.54) is 5.56 Å². The van der Waals surface area contributed by atoms with Gasteiger partial charge in [0, 0.05) is 17.2 Å². The summed E-state index contributed by atoms with van der Waals surface area (Å²) in [6.07, 6.45) is 0. The Morgan fingerprint density at radius 2 is 1.59 bits per heavy atom. The standard InChI is InChI=1S/C20H27N3O3.HI/c1-20(2,14-6-9-16(24-3)10-7-14)13-22-19(21)23-15-8-11-17(25-4)18(12-15)26-5;/h6-12H,13H2,1-5H3,(H3,21,22,23);1H. The zero-order valence-corrected chi connectivity index (χ0v) is 18.7. The summed E-state index contributed by atoms with van der Waals surface area (Å²) >= 11 is 0. The second-order valence-corrected chi connectivity index (χ2v) is 6.51. The van der Waals surface area contributed by atoms with Crippen LogP contribution in [0.4, 0.5) is 5.69 Å². The van der Waals surface area contributed by atoms with Gasteiger partial charge in [0.1, 0.15) is 5.75 Å². The lowest BCUT2D eigenvalue weighted by molar-refractivity contribution is 0.355. The van der Waals surface area contributed by atoms with Crippen molar-refractivity contribution in [3.63, 3.8) is 0 Å². The van der Waals surface area contributed by atoms with E-state index in [9.17, 15) is 0 Å². The zero-order valence-electron chi connectivity index (χ0n) is 16.4. The van der Waals surface area contributed by atoms with E-state index in [1.54, 1.807) is 21.3 Å². The number of hydrogen-bond acceptors (Lipinski definition) is 4. The molecule has 6 nitrogen and oxygen atoms in total. The van der Waals surface area contributed by atoms with Crippen LogP contribution in [0.25, 0.3) is 0 Å². The van der Waals surface area contributed by atoms with Crippen molar-refractivity contribution in [3.05, 3.63) is 48.0 Å². The molecule has 7 heteroatoms. The first-order valence-electron chi connectivity index (χ1n) is 8.33. The molecule has 0 unspecified atom stereocenters. The van der Waals surface area contributed by atoms with Gasteiger partial charge in [0.15, 0.2) is 17.5 Å². The van der Waals surface area contributed by atoms with E-state index < -0.39 is 0 Å². The zero-order chi connectivity index (χ0) is 19.2. The van der Waals surface area contributed by atoms with Crippen LogP contribution in [0.3, 0.4) is 0 Å². The number of nitrogens with two attached hydrogens (primary N) is 1. The maximum absolute atomic E-state index is 6.05. The fourth-order valence-corrected chi connectivity index (χ4v) is 2.52. The second-order valence-electron chi connectivity index (χ2n) is 6.51. The lowest BCUT2D eigenvalue weighted by atomic mass is 9.85. The van der Waals surface area contributed by atoms with Crippen LogP contribution in [0.15, 0.2) is 47.5 Å². The smallest absolute Gasteiger partial charge is 0.193 e. The van der Waals surface area contributed by atoms with Crippen molar-refractivity contribution in [1.82, 2.24) is 0 Å². The lowest BCUT2D eigenvalue weighted by Crippen LogP contribution is -2.27. The van der Waals surface area contributed by atoms with Crippen LogP contribution in [-0.2, 0) is 5.41 Å². The molecule has 0 aromatic heterocycles. The molecule has 27 heavy (non-hydrogen) atoms. The Balaban J connectivity index is 0.00000364. The molecule has 0 radical (unpaired) electrons. The molecule has 0 amide bonds. The van der Waals surface area contributed by atoms with Gasteiger partial charge in [-0.3, -0.25) is 4.99 Å². The van der Waals surface area contributed by atoms with Gasteiger partial charge in [-0.2, -0.15) is 0 Å². The molecular weight excluding hydrogens is 457 g/mol. The normalized spacial score (nSPS) is 11.4. The van der Waals surface area contributed by atoms with Gasteiger partial charge in [0.25, 0.3) is 0 Å². The Morgan fingerprint density at radius 1 is 0.963 bits per heavy atom. The van der Waals surface area contributed by atoms with Crippen LogP contribution in [0.1, 0.15) is 19.4 Å². The van der Waals surface area contributed by atoms with Gasteiger partial charge >= 0.3 is 0 Å². The summed E-state index contributed by atoms with van der Waals surface area (Å²) in [7, 11) is 4.85. The summed E-state index contributed by atoms with van der Waals surface area (Å²) in [6, 6.07) is 13.5.